The summed E-state index contributed by atoms with van der Waals surface area (Å²) in [4.78, 5) is 0. The Labute approximate surface area is 73.6 Å². The molecule has 0 spiro atoms. The van der Waals surface area contributed by atoms with Crippen molar-refractivity contribution in [3.63, 3.8) is 0 Å². The molecule has 0 bridgehead atoms. The lowest BCUT2D eigenvalue weighted by atomic mass is 10.1. The molecule has 1 aromatic heterocycles. The van der Waals surface area contributed by atoms with E-state index in [0.717, 1.165) is 6.42 Å². The minimum absolute atomic E-state index is 0.593. The summed E-state index contributed by atoms with van der Waals surface area (Å²) in [5.74, 6) is 0.658. The Morgan fingerprint density at radius 3 is 2.75 bits per heavy atom. The molecule has 0 aliphatic rings. The quantitative estimate of drug-likeness (QED) is 0.732. The molecule has 1 aromatic rings. The summed E-state index contributed by atoms with van der Waals surface area (Å²) in [7, 11) is 1.97. The third-order valence-electron chi connectivity index (χ3n) is 1.97. The van der Waals surface area contributed by atoms with Crippen LogP contribution in [0.2, 0.25) is 0 Å². The van der Waals surface area contributed by atoms with E-state index in [-0.39, 0.29) is 0 Å². The van der Waals surface area contributed by atoms with Gasteiger partial charge >= 0.3 is 0 Å². The number of nitrogens with two attached hydrogens (primary N) is 1. The molecular formula is C9H17N3. The smallest absolute Gasteiger partial charge is 0.0537 e. The maximum absolute atomic E-state index is 5.59. The van der Waals surface area contributed by atoms with Crippen LogP contribution in [-0.2, 0) is 20.0 Å². The summed E-state index contributed by atoms with van der Waals surface area (Å²) in [6.45, 7) is 5.00. The van der Waals surface area contributed by atoms with Gasteiger partial charge < -0.3 is 5.73 Å². The lowest BCUT2D eigenvalue weighted by Gasteiger charge is -2.07. The largest absolute Gasteiger partial charge is 0.326 e. The highest BCUT2D eigenvalue weighted by atomic mass is 15.3. The average molecular weight is 167 g/mol. The molecule has 1 heterocycles. The van der Waals surface area contributed by atoms with Crippen LogP contribution in [0.1, 0.15) is 25.1 Å². The van der Waals surface area contributed by atoms with Crippen molar-refractivity contribution >= 4 is 0 Å². The van der Waals surface area contributed by atoms with Crippen molar-refractivity contribution in [1.82, 2.24) is 9.78 Å². The van der Waals surface area contributed by atoms with Crippen molar-refractivity contribution in [3.8, 4) is 0 Å². The molecule has 12 heavy (non-hydrogen) atoms. The van der Waals surface area contributed by atoms with Gasteiger partial charge in [-0.3, -0.25) is 4.68 Å². The molecule has 3 heteroatoms. The SMILES string of the molecule is CC(C)Cc1c(CN)cnn1C. The van der Waals surface area contributed by atoms with Gasteiger partial charge in [0.2, 0.25) is 0 Å². The number of aryl methyl sites for hydroxylation is 1. The standard InChI is InChI=1S/C9H17N3/c1-7(2)4-9-8(5-10)6-11-12(9)3/h6-7H,4-5,10H2,1-3H3. The summed E-state index contributed by atoms with van der Waals surface area (Å²) < 4.78 is 1.92. The Balaban J connectivity index is 2.86. The lowest BCUT2D eigenvalue weighted by Crippen LogP contribution is -2.07. The molecule has 0 aromatic carbocycles. The van der Waals surface area contributed by atoms with Gasteiger partial charge in [0.15, 0.2) is 0 Å². The van der Waals surface area contributed by atoms with Gasteiger partial charge in [0.05, 0.1) is 6.20 Å². The van der Waals surface area contributed by atoms with Gasteiger partial charge in [-0.25, -0.2) is 0 Å². The molecule has 0 aliphatic heterocycles. The van der Waals surface area contributed by atoms with Crippen LogP contribution in [-0.4, -0.2) is 9.78 Å². The van der Waals surface area contributed by atoms with Crippen LogP contribution in [0.25, 0.3) is 0 Å². The first kappa shape index (κ1) is 9.26. The van der Waals surface area contributed by atoms with Gasteiger partial charge in [0.25, 0.3) is 0 Å². The van der Waals surface area contributed by atoms with Crippen molar-refractivity contribution in [2.75, 3.05) is 0 Å². The predicted molar refractivity (Wildman–Crippen MR) is 49.6 cm³/mol. The molecular weight excluding hydrogens is 150 g/mol. The highest BCUT2D eigenvalue weighted by Gasteiger charge is 2.07. The van der Waals surface area contributed by atoms with E-state index in [4.69, 9.17) is 5.73 Å². The van der Waals surface area contributed by atoms with Crippen LogP contribution in [0, 0.1) is 5.92 Å². The van der Waals surface area contributed by atoms with Crippen LogP contribution in [0.5, 0.6) is 0 Å². The summed E-state index contributed by atoms with van der Waals surface area (Å²) in [6, 6.07) is 0. The topological polar surface area (TPSA) is 43.8 Å². The zero-order valence-electron chi connectivity index (χ0n) is 8.04. The van der Waals surface area contributed by atoms with Gasteiger partial charge in [-0.2, -0.15) is 5.10 Å². The molecule has 68 valence electrons. The molecule has 0 saturated heterocycles. The second kappa shape index (κ2) is 3.72. The van der Waals surface area contributed by atoms with E-state index in [0.29, 0.717) is 12.5 Å². The fourth-order valence-electron chi connectivity index (χ4n) is 1.33. The highest BCUT2D eigenvalue weighted by Crippen LogP contribution is 2.11. The van der Waals surface area contributed by atoms with Crippen LogP contribution in [0.4, 0.5) is 0 Å². The second-order valence-corrected chi connectivity index (χ2v) is 3.54. The summed E-state index contributed by atoms with van der Waals surface area (Å²) in [5.41, 5.74) is 8.03. The molecule has 2 N–H and O–H groups in total. The van der Waals surface area contributed by atoms with Crippen molar-refractivity contribution in [1.29, 1.82) is 0 Å². The zero-order valence-corrected chi connectivity index (χ0v) is 8.04. The zero-order chi connectivity index (χ0) is 9.14. The minimum Gasteiger partial charge on any atom is -0.326 e. The summed E-state index contributed by atoms with van der Waals surface area (Å²) in [6.07, 6.45) is 2.92. The van der Waals surface area contributed by atoms with Crippen molar-refractivity contribution in [3.05, 3.63) is 17.5 Å². The normalized spacial score (nSPS) is 11.1. The second-order valence-electron chi connectivity index (χ2n) is 3.54. The Hall–Kier alpha value is -0.830. The number of nitrogens with zero attached hydrogens (tertiary/aromatic N) is 2. The first-order valence-electron chi connectivity index (χ1n) is 4.35. The van der Waals surface area contributed by atoms with Gasteiger partial charge in [-0.05, 0) is 12.3 Å². The number of hydrogen-bond acceptors (Lipinski definition) is 2. The fraction of sp³-hybridized carbons (Fsp3) is 0.667. The highest BCUT2D eigenvalue weighted by molar-refractivity contribution is 5.17. The van der Waals surface area contributed by atoms with E-state index in [2.05, 4.69) is 18.9 Å². The maximum atomic E-state index is 5.59. The van der Waals surface area contributed by atoms with Crippen molar-refractivity contribution in [2.24, 2.45) is 18.7 Å². The Morgan fingerprint density at radius 1 is 1.58 bits per heavy atom. The van der Waals surface area contributed by atoms with Gasteiger partial charge in [-0.1, -0.05) is 13.8 Å². The lowest BCUT2D eigenvalue weighted by molar-refractivity contribution is 0.591. The third-order valence-corrected chi connectivity index (χ3v) is 1.97. The van der Waals surface area contributed by atoms with Crippen molar-refractivity contribution in [2.45, 2.75) is 26.8 Å². The molecule has 0 radical (unpaired) electrons. The summed E-state index contributed by atoms with van der Waals surface area (Å²) >= 11 is 0. The Kier molecular flexibility index (Phi) is 2.87. The van der Waals surface area contributed by atoms with Crippen LogP contribution >= 0.6 is 0 Å². The van der Waals surface area contributed by atoms with E-state index in [1.807, 2.05) is 17.9 Å². The minimum atomic E-state index is 0.593. The first-order chi connectivity index (χ1) is 5.65. The molecule has 0 unspecified atom stereocenters. The van der Waals surface area contributed by atoms with Crippen LogP contribution < -0.4 is 5.73 Å². The molecule has 0 fully saturated rings. The Bertz CT molecular complexity index is 250. The van der Waals surface area contributed by atoms with Crippen LogP contribution in [0.15, 0.2) is 6.20 Å². The number of rotatable bonds is 3. The van der Waals surface area contributed by atoms with Crippen LogP contribution in [0.3, 0.4) is 0 Å². The first-order valence-corrected chi connectivity index (χ1v) is 4.35. The van der Waals surface area contributed by atoms with E-state index >= 15 is 0 Å². The molecule has 0 saturated carbocycles. The number of aromatic nitrogens is 2. The molecule has 1 rings (SSSR count). The summed E-state index contributed by atoms with van der Waals surface area (Å²) in [5, 5.41) is 4.18. The van der Waals surface area contributed by atoms with E-state index in [1.54, 1.807) is 0 Å². The molecule has 3 nitrogen and oxygen atoms in total. The maximum Gasteiger partial charge on any atom is 0.0537 e. The van der Waals surface area contributed by atoms with Gasteiger partial charge in [0, 0.05) is 24.8 Å². The van der Waals surface area contributed by atoms with E-state index in [9.17, 15) is 0 Å². The van der Waals surface area contributed by atoms with Gasteiger partial charge in [0.1, 0.15) is 0 Å². The van der Waals surface area contributed by atoms with Gasteiger partial charge in [-0.15, -0.1) is 0 Å². The monoisotopic (exact) mass is 167 g/mol. The third kappa shape index (κ3) is 1.85. The number of hydrogen-bond donors (Lipinski definition) is 1. The molecule has 0 atom stereocenters. The Morgan fingerprint density at radius 2 is 2.25 bits per heavy atom. The molecule has 0 aliphatic carbocycles. The predicted octanol–water partition coefficient (Wildman–Crippen LogP) is 1.08. The van der Waals surface area contributed by atoms with Crippen molar-refractivity contribution < 1.29 is 0 Å². The fourth-order valence-corrected chi connectivity index (χ4v) is 1.33. The van der Waals surface area contributed by atoms with E-state index in [1.165, 1.54) is 11.3 Å². The average Bonchev–Trinajstić information content (AvgIpc) is 2.32. The van der Waals surface area contributed by atoms with E-state index < -0.39 is 0 Å². The molecule has 0 amide bonds.